The van der Waals surface area contributed by atoms with Crippen LogP contribution in [0.1, 0.15) is 16.9 Å². The minimum Gasteiger partial charge on any atom is -0.385 e. The fourth-order valence-corrected chi connectivity index (χ4v) is 2.05. The molecule has 0 aliphatic rings. The predicted molar refractivity (Wildman–Crippen MR) is 61.9 cm³/mol. The molecule has 0 radical (unpaired) electrons. The maximum Gasteiger partial charge on any atom is 0.271 e. The lowest BCUT2D eigenvalue weighted by Crippen LogP contribution is -2.25. The highest BCUT2D eigenvalue weighted by Gasteiger charge is 2.10. The molecule has 0 atom stereocenters. The first-order chi connectivity index (χ1) is 7.81. The van der Waals surface area contributed by atoms with Crippen molar-refractivity contribution in [2.45, 2.75) is 6.42 Å². The van der Waals surface area contributed by atoms with Gasteiger partial charge in [0.15, 0.2) is 4.96 Å². The van der Waals surface area contributed by atoms with E-state index < -0.39 is 0 Å². The van der Waals surface area contributed by atoms with Crippen molar-refractivity contribution in [1.29, 1.82) is 0 Å². The second kappa shape index (κ2) is 5.09. The number of imidazole rings is 1. The summed E-state index contributed by atoms with van der Waals surface area (Å²) >= 11 is 1.51. The Bertz CT molecular complexity index is 449. The highest BCUT2D eigenvalue weighted by Crippen LogP contribution is 2.10. The predicted octanol–water partition coefficient (Wildman–Crippen LogP) is 1.16. The van der Waals surface area contributed by atoms with Gasteiger partial charge in [-0.15, -0.1) is 11.3 Å². The largest absolute Gasteiger partial charge is 0.385 e. The Hall–Kier alpha value is -1.40. The van der Waals surface area contributed by atoms with Crippen LogP contribution < -0.4 is 5.32 Å². The molecule has 5 nitrogen and oxygen atoms in total. The van der Waals surface area contributed by atoms with Crippen molar-refractivity contribution in [2.75, 3.05) is 20.3 Å². The number of ether oxygens (including phenoxy) is 1. The van der Waals surface area contributed by atoms with E-state index in [1.54, 1.807) is 13.3 Å². The number of hydrogen-bond acceptors (Lipinski definition) is 4. The van der Waals surface area contributed by atoms with Crippen LogP contribution in [0, 0.1) is 0 Å². The van der Waals surface area contributed by atoms with Gasteiger partial charge < -0.3 is 10.1 Å². The number of carbonyl (C=O) groups excluding carboxylic acids is 1. The topological polar surface area (TPSA) is 55.6 Å². The van der Waals surface area contributed by atoms with Crippen LogP contribution in [-0.2, 0) is 4.74 Å². The summed E-state index contributed by atoms with van der Waals surface area (Å²) in [6.07, 6.45) is 4.43. The Morgan fingerprint density at radius 1 is 1.69 bits per heavy atom. The van der Waals surface area contributed by atoms with Crippen LogP contribution in [0.25, 0.3) is 4.96 Å². The van der Waals surface area contributed by atoms with Crippen LogP contribution in [0.5, 0.6) is 0 Å². The molecule has 0 fully saturated rings. The summed E-state index contributed by atoms with van der Waals surface area (Å²) in [7, 11) is 1.64. The Kier molecular flexibility index (Phi) is 3.53. The van der Waals surface area contributed by atoms with Crippen molar-refractivity contribution >= 4 is 22.2 Å². The maximum absolute atomic E-state index is 11.7. The summed E-state index contributed by atoms with van der Waals surface area (Å²) < 4.78 is 6.74. The van der Waals surface area contributed by atoms with Gasteiger partial charge >= 0.3 is 0 Å². The van der Waals surface area contributed by atoms with Crippen molar-refractivity contribution in [3.63, 3.8) is 0 Å². The van der Waals surface area contributed by atoms with Crippen LogP contribution in [0.3, 0.4) is 0 Å². The molecule has 0 aliphatic carbocycles. The van der Waals surface area contributed by atoms with E-state index in [9.17, 15) is 4.79 Å². The first kappa shape index (κ1) is 11.1. The summed E-state index contributed by atoms with van der Waals surface area (Å²) in [6.45, 7) is 1.26. The van der Waals surface area contributed by atoms with E-state index >= 15 is 0 Å². The van der Waals surface area contributed by atoms with Gasteiger partial charge in [0.2, 0.25) is 0 Å². The average molecular weight is 239 g/mol. The van der Waals surface area contributed by atoms with Gasteiger partial charge in [0, 0.05) is 38.0 Å². The van der Waals surface area contributed by atoms with Gasteiger partial charge in [0.1, 0.15) is 5.69 Å². The minimum absolute atomic E-state index is 0.132. The van der Waals surface area contributed by atoms with E-state index in [0.717, 1.165) is 11.4 Å². The van der Waals surface area contributed by atoms with E-state index in [0.29, 0.717) is 18.8 Å². The SMILES string of the molecule is COCCCNC(=O)c1cn2ccsc2n1. The Balaban J connectivity index is 1.92. The monoisotopic (exact) mass is 239 g/mol. The zero-order valence-corrected chi connectivity index (χ0v) is 9.79. The maximum atomic E-state index is 11.7. The molecule has 2 aromatic rings. The van der Waals surface area contributed by atoms with Crippen molar-refractivity contribution in [3.05, 3.63) is 23.5 Å². The normalized spacial score (nSPS) is 10.8. The van der Waals surface area contributed by atoms with Gasteiger partial charge in [-0.1, -0.05) is 0 Å². The second-order valence-electron chi connectivity index (χ2n) is 3.32. The third kappa shape index (κ3) is 2.40. The number of amides is 1. The zero-order chi connectivity index (χ0) is 11.4. The molecule has 6 heteroatoms. The summed E-state index contributed by atoms with van der Waals surface area (Å²) in [5.41, 5.74) is 0.462. The number of hydrogen-bond donors (Lipinski definition) is 1. The average Bonchev–Trinajstić information content (AvgIpc) is 2.83. The van der Waals surface area contributed by atoms with Crippen LogP contribution in [-0.4, -0.2) is 35.6 Å². The zero-order valence-electron chi connectivity index (χ0n) is 8.97. The lowest BCUT2D eigenvalue weighted by molar-refractivity contribution is 0.0944. The number of aromatic nitrogens is 2. The van der Waals surface area contributed by atoms with E-state index in [-0.39, 0.29) is 5.91 Å². The van der Waals surface area contributed by atoms with Crippen molar-refractivity contribution in [2.24, 2.45) is 0 Å². The number of nitrogens with one attached hydrogen (secondary N) is 1. The molecule has 16 heavy (non-hydrogen) atoms. The quantitative estimate of drug-likeness (QED) is 0.797. The molecule has 2 rings (SSSR count). The minimum atomic E-state index is -0.132. The van der Waals surface area contributed by atoms with E-state index in [4.69, 9.17) is 4.74 Å². The van der Waals surface area contributed by atoms with Gasteiger partial charge in [-0.3, -0.25) is 9.20 Å². The van der Waals surface area contributed by atoms with E-state index in [1.807, 2.05) is 16.0 Å². The van der Waals surface area contributed by atoms with E-state index in [2.05, 4.69) is 10.3 Å². The summed E-state index contributed by atoms with van der Waals surface area (Å²) in [5, 5.41) is 4.73. The summed E-state index contributed by atoms with van der Waals surface area (Å²) in [5.74, 6) is -0.132. The van der Waals surface area contributed by atoms with Gasteiger partial charge in [0.25, 0.3) is 5.91 Å². The number of thiazole rings is 1. The molecule has 1 N–H and O–H groups in total. The fourth-order valence-electron chi connectivity index (χ4n) is 1.35. The lowest BCUT2D eigenvalue weighted by Gasteiger charge is -2.01. The van der Waals surface area contributed by atoms with Gasteiger partial charge in [0.05, 0.1) is 0 Å². The molecule has 0 spiro atoms. The van der Waals surface area contributed by atoms with Crippen molar-refractivity contribution in [3.8, 4) is 0 Å². The van der Waals surface area contributed by atoms with Crippen LogP contribution in [0.2, 0.25) is 0 Å². The number of carbonyl (C=O) groups is 1. The molecule has 0 unspecified atom stereocenters. The van der Waals surface area contributed by atoms with Gasteiger partial charge in [-0.05, 0) is 6.42 Å². The molecule has 2 aromatic heterocycles. The molecule has 0 saturated heterocycles. The third-order valence-electron chi connectivity index (χ3n) is 2.14. The Morgan fingerprint density at radius 2 is 2.56 bits per heavy atom. The highest BCUT2D eigenvalue weighted by molar-refractivity contribution is 7.15. The highest BCUT2D eigenvalue weighted by atomic mass is 32.1. The van der Waals surface area contributed by atoms with Crippen LogP contribution >= 0.6 is 11.3 Å². The number of rotatable bonds is 5. The van der Waals surface area contributed by atoms with E-state index in [1.165, 1.54) is 11.3 Å². The molecule has 1 amide bonds. The molecule has 0 aliphatic heterocycles. The standard InChI is InChI=1S/C10H13N3O2S/c1-15-5-2-3-11-9(14)8-7-13-4-6-16-10(13)12-8/h4,6-7H,2-3,5H2,1H3,(H,11,14). The molecule has 0 aromatic carbocycles. The molecular formula is C10H13N3O2S. The van der Waals surface area contributed by atoms with Crippen LogP contribution in [0.4, 0.5) is 0 Å². The molecule has 2 heterocycles. The second-order valence-corrected chi connectivity index (χ2v) is 4.19. The smallest absolute Gasteiger partial charge is 0.271 e. The van der Waals surface area contributed by atoms with Gasteiger partial charge in [-0.2, -0.15) is 0 Å². The van der Waals surface area contributed by atoms with Crippen LogP contribution in [0.15, 0.2) is 17.8 Å². The number of nitrogens with zero attached hydrogens (tertiary/aromatic N) is 2. The Morgan fingerprint density at radius 3 is 3.31 bits per heavy atom. The van der Waals surface area contributed by atoms with Gasteiger partial charge in [-0.25, -0.2) is 4.98 Å². The van der Waals surface area contributed by atoms with Crippen molar-refractivity contribution in [1.82, 2.24) is 14.7 Å². The Labute approximate surface area is 97.1 Å². The number of methoxy groups -OCH3 is 1. The summed E-state index contributed by atoms with van der Waals surface area (Å²) in [4.78, 5) is 16.7. The summed E-state index contributed by atoms with van der Waals surface area (Å²) in [6, 6.07) is 0. The molecular weight excluding hydrogens is 226 g/mol. The molecule has 86 valence electrons. The fraction of sp³-hybridized carbons (Fsp3) is 0.400. The molecule has 0 bridgehead atoms. The molecule has 0 saturated carbocycles. The van der Waals surface area contributed by atoms with Crippen molar-refractivity contribution < 1.29 is 9.53 Å². The lowest BCUT2D eigenvalue weighted by atomic mass is 10.4. The first-order valence-corrected chi connectivity index (χ1v) is 5.88. The third-order valence-corrected chi connectivity index (χ3v) is 2.91. The first-order valence-electron chi connectivity index (χ1n) is 5.00. The number of fused-ring (bicyclic) bond motifs is 1.